The molecule has 1 heterocycles. The number of halogens is 1. The highest BCUT2D eigenvalue weighted by molar-refractivity contribution is 7.80. The van der Waals surface area contributed by atoms with Gasteiger partial charge in [0.1, 0.15) is 12.4 Å². The highest BCUT2D eigenvalue weighted by Gasteiger charge is 2.37. The van der Waals surface area contributed by atoms with Crippen LogP contribution in [-0.2, 0) is 17.8 Å². The van der Waals surface area contributed by atoms with Crippen LogP contribution in [0.25, 0.3) is 0 Å². The second kappa shape index (κ2) is 13.8. The monoisotopic (exact) mass is 556 g/mol. The minimum atomic E-state index is -0.427. The van der Waals surface area contributed by atoms with Gasteiger partial charge in [0.15, 0.2) is 0 Å². The van der Waals surface area contributed by atoms with E-state index < -0.39 is 5.91 Å². The molecule has 7 heteroatoms. The third-order valence-electron chi connectivity index (χ3n) is 7.96. The molecule has 1 aliphatic carbocycles. The number of anilines is 1. The first-order valence-corrected chi connectivity index (χ1v) is 14.7. The van der Waals surface area contributed by atoms with Crippen molar-refractivity contribution >= 4 is 35.8 Å². The number of rotatable bonds is 9. The molecule has 0 unspecified atom stereocenters. The summed E-state index contributed by atoms with van der Waals surface area (Å²) in [6, 6.07) is 11.6. The predicted octanol–water partition coefficient (Wildman–Crippen LogP) is 6.86. The smallest absolute Gasteiger partial charge is 0.248 e. The summed E-state index contributed by atoms with van der Waals surface area (Å²) in [6.45, 7) is 4.35. The van der Waals surface area contributed by atoms with Gasteiger partial charge in [0.2, 0.25) is 5.91 Å². The summed E-state index contributed by atoms with van der Waals surface area (Å²) < 4.78 is 12.3. The van der Waals surface area contributed by atoms with Crippen molar-refractivity contribution in [3.8, 4) is 5.75 Å². The maximum Gasteiger partial charge on any atom is 0.248 e. The molecule has 2 aromatic carbocycles. The number of benzene rings is 2. The van der Waals surface area contributed by atoms with Crippen LogP contribution >= 0.6 is 24.2 Å². The third kappa shape index (κ3) is 7.49. The maximum atomic E-state index is 12.1. The van der Waals surface area contributed by atoms with E-state index in [9.17, 15) is 4.79 Å². The molecule has 0 radical (unpaired) electrons. The summed E-state index contributed by atoms with van der Waals surface area (Å²) in [7, 11) is 1.81. The highest BCUT2D eigenvalue weighted by atomic mass is 35.5. The molecule has 0 aromatic heterocycles. The van der Waals surface area contributed by atoms with Crippen LogP contribution < -0.4 is 15.4 Å². The molecule has 1 fully saturated rings. The SMILES string of the molecule is CO[C@@H](/C=C/CC[C@@H](C)S)[C@@H]1CC[C@H]1CN1CCCCc2cc(Cl)ccc2COc2ccc(C(N)=O)cc21. The van der Waals surface area contributed by atoms with Crippen molar-refractivity contribution in [3.63, 3.8) is 0 Å². The van der Waals surface area contributed by atoms with Gasteiger partial charge in [-0.2, -0.15) is 12.6 Å². The van der Waals surface area contributed by atoms with Crippen LogP contribution in [0.2, 0.25) is 5.02 Å². The van der Waals surface area contributed by atoms with Gasteiger partial charge in [-0.05, 0) is 103 Å². The quantitative estimate of drug-likeness (QED) is 0.262. The Hall–Kier alpha value is -2.15. The Kier molecular flexibility index (Phi) is 10.5. The van der Waals surface area contributed by atoms with Crippen LogP contribution in [0.1, 0.15) is 66.9 Å². The molecule has 206 valence electrons. The van der Waals surface area contributed by atoms with E-state index >= 15 is 0 Å². The van der Waals surface area contributed by atoms with E-state index in [0.29, 0.717) is 29.3 Å². The van der Waals surface area contributed by atoms with Crippen LogP contribution in [0.3, 0.4) is 0 Å². The maximum absolute atomic E-state index is 12.1. The topological polar surface area (TPSA) is 64.8 Å². The van der Waals surface area contributed by atoms with Gasteiger partial charge in [0, 0.05) is 30.8 Å². The van der Waals surface area contributed by atoms with Gasteiger partial charge in [-0.15, -0.1) is 0 Å². The molecule has 5 nitrogen and oxygen atoms in total. The zero-order valence-electron chi connectivity index (χ0n) is 22.6. The van der Waals surface area contributed by atoms with E-state index in [1.165, 1.54) is 5.56 Å². The number of methoxy groups -OCH3 is 1. The number of hydrogen-bond donors (Lipinski definition) is 2. The molecule has 2 aromatic rings. The van der Waals surface area contributed by atoms with Gasteiger partial charge >= 0.3 is 0 Å². The fraction of sp³-hybridized carbons (Fsp3) is 0.516. The number of nitrogens with zero attached hydrogens (tertiary/aromatic N) is 1. The molecule has 2 aliphatic rings. The number of ether oxygens (including phenoxy) is 2. The number of amides is 1. The van der Waals surface area contributed by atoms with E-state index in [-0.39, 0.29) is 6.10 Å². The van der Waals surface area contributed by atoms with E-state index in [1.807, 2.05) is 25.3 Å². The minimum Gasteiger partial charge on any atom is -0.487 e. The van der Waals surface area contributed by atoms with Crippen LogP contribution in [0, 0.1) is 11.8 Å². The average Bonchev–Trinajstić information content (AvgIpc) is 2.91. The van der Waals surface area contributed by atoms with Crippen LogP contribution in [0.4, 0.5) is 5.69 Å². The molecular formula is C31H41ClN2O3S. The summed E-state index contributed by atoms with van der Waals surface area (Å²) in [6.07, 6.45) is 12.0. The first-order chi connectivity index (χ1) is 18.4. The molecule has 2 N–H and O–H groups in total. The Morgan fingerprint density at radius 3 is 2.79 bits per heavy atom. The lowest BCUT2D eigenvalue weighted by atomic mass is 9.70. The number of aryl methyl sites for hydroxylation is 1. The Morgan fingerprint density at radius 2 is 2.08 bits per heavy atom. The second-order valence-electron chi connectivity index (χ2n) is 10.7. The van der Waals surface area contributed by atoms with Crippen LogP contribution in [-0.4, -0.2) is 37.5 Å². The molecule has 0 spiro atoms. The number of nitrogens with two attached hydrogens (primary N) is 1. The lowest BCUT2D eigenvalue weighted by molar-refractivity contribution is 0.0134. The van der Waals surface area contributed by atoms with Gasteiger partial charge in [0.25, 0.3) is 0 Å². The molecule has 1 amide bonds. The number of carbonyl (C=O) groups is 1. The summed E-state index contributed by atoms with van der Waals surface area (Å²) in [4.78, 5) is 14.5. The first kappa shape index (κ1) is 28.8. The molecule has 1 aliphatic heterocycles. The molecular weight excluding hydrogens is 516 g/mol. The Labute approximate surface area is 238 Å². The molecule has 38 heavy (non-hydrogen) atoms. The van der Waals surface area contributed by atoms with Crippen molar-refractivity contribution in [3.05, 3.63) is 70.3 Å². The summed E-state index contributed by atoms with van der Waals surface area (Å²) >= 11 is 10.8. The molecule has 0 bridgehead atoms. The van der Waals surface area contributed by atoms with E-state index in [0.717, 1.165) is 80.1 Å². The standard InChI is InChI=1S/C31H41ClN2O3S/c1-21(38)7-3-4-9-29(36-2)27-14-11-24(27)19-34-16-6-5-8-22-17-26(32)13-10-25(22)20-37-30-15-12-23(31(33)35)18-28(30)34/h4,9-10,12-13,15,17-18,21,24,27,29,38H,3,5-8,11,14,16,19-20H2,1-2H3,(H2,33,35)/b9-4+/t21-,24+,27-,29+/m1/s1. The number of thiol groups is 1. The van der Waals surface area contributed by atoms with Crippen molar-refractivity contribution in [1.82, 2.24) is 0 Å². The molecule has 4 rings (SSSR count). The molecule has 4 atom stereocenters. The first-order valence-electron chi connectivity index (χ1n) is 13.8. The van der Waals surface area contributed by atoms with E-state index in [4.69, 9.17) is 26.8 Å². The van der Waals surface area contributed by atoms with Gasteiger partial charge in [-0.25, -0.2) is 0 Å². The summed E-state index contributed by atoms with van der Waals surface area (Å²) in [5.41, 5.74) is 9.50. The van der Waals surface area contributed by atoms with E-state index in [1.54, 1.807) is 6.07 Å². The fourth-order valence-corrected chi connectivity index (χ4v) is 5.94. The van der Waals surface area contributed by atoms with Crippen molar-refractivity contribution in [1.29, 1.82) is 0 Å². The number of allylic oxidation sites excluding steroid dienone is 1. The third-order valence-corrected chi connectivity index (χ3v) is 8.46. The zero-order chi connectivity index (χ0) is 27.1. The molecule has 0 saturated heterocycles. The Bertz CT molecular complexity index is 1120. The van der Waals surface area contributed by atoms with Gasteiger partial charge in [-0.3, -0.25) is 4.79 Å². The summed E-state index contributed by atoms with van der Waals surface area (Å²) in [5.74, 6) is 1.32. The van der Waals surface area contributed by atoms with Gasteiger partial charge in [-0.1, -0.05) is 36.7 Å². The highest BCUT2D eigenvalue weighted by Crippen LogP contribution is 2.41. The lowest BCUT2D eigenvalue weighted by Crippen LogP contribution is -2.43. The van der Waals surface area contributed by atoms with Crippen LogP contribution in [0.15, 0.2) is 48.6 Å². The van der Waals surface area contributed by atoms with E-state index in [2.05, 4.69) is 48.7 Å². The number of hydrogen-bond acceptors (Lipinski definition) is 5. The fourth-order valence-electron chi connectivity index (χ4n) is 5.59. The zero-order valence-corrected chi connectivity index (χ0v) is 24.2. The second-order valence-corrected chi connectivity index (χ2v) is 12.0. The number of primary amides is 1. The van der Waals surface area contributed by atoms with Gasteiger partial charge in [0.05, 0.1) is 11.8 Å². The Morgan fingerprint density at radius 1 is 1.24 bits per heavy atom. The Balaban J connectivity index is 1.55. The number of fused-ring (bicyclic) bond motifs is 2. The average molecular weight is 557 g/mol. The van der Waals surface area contributed by atoms with Crippen molar-refractivity contribution < 1.29 is 14.3 Å². The minimum absolute atomic E-state index is 0.111. The summed E-state index contributed by atoms with van der Waals surface area (Å²) in [5, 5.41) is 1.16. The largest absolute Gasteiger partial charge is 0.487 e. The van der Waals surface area contributed by atoms with Crippen molar-refractivity contribution in [2.24, 2.45) is 17.6 Å². The predicted molar refractivity (Wildman–Crippen MR) is 160 cm³/mol. The lowest BCUT2D eigenvalue weighted by Gasteiger charge is -2.43. The normalized spacial score (nSPS) is 21.4. The number of carbonyl (C=O) groups excluding carboxylic acids is 1. The van der Waals surface area contributed by atoms with Gasteiger partial charge < -0.3 is 20.1 Å². The van der Waals surface area contributed by atoms with Crippen molar-refractivity contribution in [2.75, 3.05) is 25.1 Å². The molecule has 1 saturated carbocycles. The van der Waals surface area contributed by atoms with Crippen LogP contribution in [0.5, 0.6) is 5.75 Å². The van der Waals surface area contributed by atoms with Crippen molar-refractivity contribution in [2.45, 2.75) is 69.8 Å².